The van der Waals surface area contributed by atoms with Gasteiger partial charge in [-0.2, -0.15) is 0 Å². The summed E-state index contributed by atoms with van der Waals surface area (Å²) in [5.41, 5.74) is -0.412. The van der Waals surface area contributed by atoms with Crippen LogP contribution >= 0.6 is 0 Å². The summed E-state index contributed by atoms with van der Waals surface area (Å²) in [5.74, 6) is -0.283. The first-order valence-electron chi connectivity index (χ1n) is 24.5. The van der Waals surface area contributed by atoms with Gasteiger partial charge < -0.3 is 79.1 Å². The molecule has 18 nitrogen and oxygen atoms in total. The van der Waals surface area contributed by atoms with E-state index >= 15 is 0 Å². The summed E-state index contributed by atoms with van der Waals surface area (Å²) in [7, 11) is 1.09. The first kappa shape index (κ1) is 51.6. The summed E-state index contributed by atoms with van der Waals surface area (Å²) in [6, 6.07) is 0. The van der Waals surface area contributed by atoms with E-state index in [2.05, 4.69) is 47.6 Å². The standard InChI is InChI=1S/C49H78O18/c1-22-30(53)32(55)36(59)41(62-22)66-38-33(56)31(54)25(20-50)63-42(38)67-39-35(58)34(57)37(40(60)61-9)65-43(39)64-29-13-14-46(5)26(47(29,6)21-51)12-15-49(8)27(46)11-10-23-24-18-44(2,3)19-28(52)45(24,4)16-17-48(23,49)7/h10,22,24-27,29-39,41-43,50-51,53-59H,11-21H2,1-9H3/t22?,24-,25+,26+,27+,29?,30?,31?,32?,33?,34?,35?,36?,37?,38?,39?,41?,42?,43?,45+,46-,47+,48+,49+/m0/s1. The van der Waals surface area contributed by atoms with Crippen molar-refractivity contribution >= 4 is 11.8 Å². The monoisotopic (exact) mass is 955 g/mol. The second-order valence-electron chi connectivity index (χ2n) is 23.6. The van der Waals surface area contributed by atoms with Gasteiger partial charge in [-0.1, -0.05) is 60.1 Å². The molecule has 8 rings (SSSR count). The highest BCUT2D eigenvalue weighted by Gasteiger charge is 2.70. The zero-order valence-electron chi connectivity index (χ0n) is 40.5. The van der Waals surface area contributed by atoms with Crippen LogP contribution in [0.25, 0.3) is 0 Å². The van der Waals surface area contributed by atoms with E-state index in [4.69, 9.17) is 33.2 Å². The van der Waals surface area contributed by atoms with Gasteiger partial charge in [-0.05, 0) is 97.7 Å². The van der Waals surface area contributed by atoms with Gasteiger partial charge in [0.15, 0.2) is 25.0 Å². The Morgan fingerprint density at radius 3 is 2.00 bits per heavy atom. The van der Waals surface area contributed by atoms with Crippen LogP contribution in [-0.4, -0.2) is 176 Å². The second-order valence-corrected chi connectivity index (χ2v) is 23.6. The maximum Gasteiger partial charge on any atom is 0.337 e. The first-order valence-corrected chi connectivity index (χ1v) is 24.5. The Morgan fingerprint density at radius 2 is 1.36 bits per heavy atom. The molecule has 18 heteroatoms. The van der Waals surface area contributed by atoms with E-state index in [0.717, 1.165) is 45.6 Å². The molecule has 382 valence electrons. The molecule has 0 amide bonds. The minimum Gasteiger partial charge on any atom is -0.467 e. The smallest absolute Gasteiger partial charge is 0.337 e. The molecule has 7 fully saturated rings. The number of ketones is 1. The molecule has 3 aliphatic heterocycles. The number of carbonyl (C=O) groups is 2. The van der Waals surface area contributed by atoms with Crippen molar-refractivity contribution < 1.29 is 88.7 Å². The van der Waals surface area contributed by atoms with Crippen LogP contribution in [0.3, 0.4) is 0 Å². The fourth-order valence-electron chi connectivity index (χ4n) is 15.0. The van der Waals surface area contributed by atoms with Crippen molar-refractivity contribution in [2.75, 3.05) is 20.3 Å². The van der Waals surface area contributed by atoms with Crippen molar-refractivity contribution in [2.45, 2.75) is 211 Å². The molecule has 0 aromatic rings. The molecule has 0 bridgehead atoms. The van der Waals surface area contributed by atoms with Crippen molar-refractivity contribution in [3.8, 4) is 0 Å². The molecule has 0 spiro atoms. The Balaban J connectivity index is 1.08. The molecule has 5 aliphatic carbocycles. The summed E-state index contributed by atoms with van der Waals surface area (Å²) < 4.78 is 41.6. The zero-order valence-corrected chi connectivity index (χ0v) is 40.5. The molecule has 4 saturated carbocycles. The summed E-state index contributed by atoms with van der Waals surface area (Å²) in [5, 5.41) is 98.7. The second kappa shape index (κ2) is 18.1. The average molecular weight is 955 g/mol. The lowest BCUT2D eigenvalue weighted by Gasteiger charge is -2.71. The first-order chi connectivity index (χ1) is 31.3. The molecule has 0 aromatic heterocycles. The van der Waals surface area contributed by atoms with Gasteiger partial charge in [0.05, 0.1) is 32.5 Å². The van der Waals surface area contributed by atoms with Crippen molar-refractivity contribution in [3.05, 3.63) is 11.6 Å². The Kier molecular flexibility index (Phi) is 13.9. The number of ether oxygens (including phenoxy) is 7. The number of carbonyl (C=O) groups excluding carboxylic acids is 2. The van der Waals surface area contributed by atoms with Gasteiger partial charge >= 0.3 is 5.97 Å². The maximum atomic E-state index is 13.8. The predicted octanol–water partition coefficient (Wildman–Crippen LogP) is 1.00. The van der Waals surface area contributed by atoms with Crippen molar-refractivity contribution in [1.82, 2.24) is 0 Å². The number of hydrogen-bond donors (Lipinski definition) is 9. The highest BCUT2D eigenvalue weighted by Crippen LogP contribution is 2.75. The number of Topliss-reactive ketones (excluding diaryl/α,β-unsaturated/α-hetero) is 1. The van der Waals surface area contributed by atoms with Crippen molar-refractivity contribution in [3.63, 3.8) is 0 Å². The quantitative estimate of drug-likeness (QED) is 0.0886. The van der Waals surface area contributed by atoms with Gasteiger partial charge in [-0.3, -0.25) is 4.79 Å². The Bertz CT molecular complexity index is 1880. The van der Waals surface area contributed by atoms with Crippen LogP contribution in [0.1, 0.15) is 113 Å². The minimum atomic E-state index is -1.95. The van der Waals surface area contributed by atoms with Gasteiger partial charge in [0.25, 0.3) is 0 Å². The van der Waals surface area contributed by atoms with Crippen LogP contribution in [-0.2, 0) is 42.7 Å². The van der Waals surface area contributed by atoms with Gasteiger partial charge in [0, 0.05) is 17.3 Å². The molecule has 0 radical (unpaired) electrons. The van der Waals surface area contributed by atoms with Crippen LogP contribution < -0.4 is 0 Å². The highest BCUT2D eigenvalue weighted by molar-refractivity contribution is 5.87. The molecule has 24 atom stereocenters. The molecule has 15 unspecified atom stereocenters. The van der Waals surface area contributed by atoms with Crippen LogP contribution in [0.5, 0.6) is 0 Å². The third-order valence-corrected chi connectivity index (χ3v) is 19.4. The normalized spacial score (nSPS) is 54.1. The van der Waals surface area contributed by atoms with Crippen LogP contribution in [0.4, 0.5) is 0 Å². The number of methoxy groups -OCH3 is 1. The lowest BCUT2D eigenvalue weighted by molar-refractivity contribution is -0.396. The number of aliphatic hydroxyl groups excluding tert-OH is 9. The summed E-state index contributed by atoms with van der Waals surface area (Å²) >= 11 is 0. The van der Waals surface area contributed by atoms with E-state index in [1.807, 2.05) is 6.92 Å². The Morgan fingerprint density at radius 1 is 0.716 bits per heavy atom. The van der Waals surface area contributed by atoms with Gasteiger partial charge in [0.1, 0.15) is 66.8 Å². The highest BCUT2D eigenvalue weighted by atomic mass is 16.8. The van der Waals surface area contributed by atoms with Crippen molar-refractivity contribution in [2.24, 2.45) is 50.2 Å². The number of fused-ring (bicyclic) bond motifs is 7. The fraction of sp³-hybridized carbons (Fsp3) is 0.918. The Hall–Kier alpha value is -1.72. The largest absolute Gasteiger partial charge is 0.467 e. The molecule has 0 aromatic carbocycles. The molecule has 3 saturated heterocycles. The topological polar surface area (TPSA) is 281 Å². The van der Waals surface area contributed by atoms with E-state index < -0.39 is 116 Å². The molecule has 67 heavy (non-hydrogen) atoms. The van der Waals surface area contributed by atoms with Gasteiger partial charge in [-0.15, -0.1) is 0 Å². The number of hydrogen-bond acceptors (Lipinski definition) is 18. The number of rotatable bonds is 9. The molecular formula is C49H78O18. The predicted molar refractivity (Wildman–Crippen MR) is 234 cm³/mol. The summed E-state index contributed by atoms with van der Waals surface area (Å²) in [6.45, 7) is 16.2. The minimum absolute atomic E-state index is 0.0705. The lowest BCUT2D eigenvalue weighted by Crippen LogP contribution is -2.68. The van der Waals surface area contributed by atoms with E-state index in [1.165, 1.54) is 12.5 Å². The summed E-state index contributed by atoms with van der Waals surface area (Å²) in [6.07, 6.45) is -16.9. The SMILES string of the molecule is COC(=O)C1OC(OC2CC[C@@]3(C)[C@@H](CC[C@]4(C)[C@@H]3CC=C3[C@@H]5CC(C)(C)CC(=O)[C@]5(C)CC[C@]34C)[C@@]2(C)CO)C(OC2O[C@H](CO)C(O)C(O)C2OC2OC(C)C(O)C(O)C2O)C(O)C1O. The number of aliphatic hydroxyl groups is 9. The van der Waals surface area contributed by atoms with Crippen LogP contribution in [0, 0.1) is 50.2 Å². The summed E-state index contributed by atoms with van der Waals surface area (Å²) in [4.78, 5) is 26.9. The van der Waals surface area contributed by atoms with Gasteiger partial charge in [-0.25, -0.2) is 4.79 Å². The third kappa shape index (κ3) is 8.02. The Labute approximate surface area is 393 Å². The van der Waals surface area contributed by atoms with Crippen LogP contribution in [0.2, 0.25) is 0 Å². The van der Waals surface area contributed by atoms with E-state index in [1.54, 1.807) is 0 Å². The number of allylic oxidation sites excluding steroid dienone is 2. The maximum absolute atomic E-state index is 13.8. The average Bonchev–Trinajstić information content (AvgIpc) is 3.28. The third-order valence-electron chi connectivity index (χ3n) is 19.4. The molecule has 8 aliphatic rings. The molecular weight excluding hydrogens is 877 g/mol. The van der Waals surface area contributed by atoms with E-state index in [-0.39, 0.29) is 51.4 Å². The zero-order chi connectivity index (χ0) is 49.1. The fourth-order valence-corrected chi connectivity index (χ4v) is 15.0. The van der Waals surface area contributed by atoms with Gasteiger partial charge in [0.2, 0.25) is 0 Å². The van der Waals surface area contributed by atoms with E-state index in [0.29, 0.717) is 25.0 Å². The number of esters is 1. The van der Waals surface area contributed by atoms with E-state index in [9.17, 15) is 55.5 Å². The van der Waals surface area contributed by atoms with Crippen molar-refractivity contribution in [1.29, 1.82) is 0 Å². The van der Waals surface area contributed by atoms with Crippen LogP contribution in [0.15, 0.2) is 11.6 Å². The molecule has 3 heterocycles. The molecule has 9 N–H and O–H groups in total. The lowest BCUT2D eigenvalue weighted by atomic mass is 9.33.